The molecule has 0 aliphatic carbocycles. The van der Waals surface area contributed by atoms with Crippen LogP contribution in [0.4, 0.5) is 5.69 Å². The molecule has 0 bridgehead atoms. The molecular weight excluding hydrogens is 312 g/mol. The van der Waals surface area contributed by atoms with Gasteiger partial charge in [-0.1, -0.05) is 6.92 Å². The SMILES string of the molecule is CCCc1nc2ccc(NC=C3C(=O)OC(C)(C)OC3=O)cc2o1. The molecule has 1 N–H and O–H groups in total. The first-order valence-electron chi connectivity index (χ1n) is 7.71. The minimum Gasteiger partial charge on any atom is -0.441 e. The molecule has 7 nitrogen and oxygen atoms in total. The topological polar surface area (TPSA) is 90.7 Å². The van der Waals surface area contributed by atoms with E-state index in [-0.39, 0.29) is 5.57 Å². The fraction of sp³-hybridized carbons (Fsp3) is 0.353. The van der Waals surface area contributed by atoms with Gasteiger partial charge in [0.15, 0.2) is 17.0 Å². The number of oxazole rings is 1. The van der Waals surface area contributed by atoms with Crippen LogP contribution in [0.3, 0.4) is 0 Å². The number of carbonyl (C=O) groups excluding carboxylic acids is 2. The highest BCUT2D eigenvalue weighted by Gasteiger charge is 2.38. The molecular formula is C17H18N2O5. The van der Waals surface area contributed by atoms with Crippen molar-refractivity contribution in [1.82, 2.24) is 4.98 Å². The summed E-state index contributed by atoms with van der Waals surface area (Å²) in [5, 5.41) is 2.88. The van der Waals surface area contributed by atoms with Gasteiger partial charge in [0.1, 0.15) is 5.52 Å². The van der Waals surface area contributed by atoms with Gasteiger partial charge < -0.3 is 19.2 Å². The molecule has 0 spiro atoms. The van der Waals surface area contributed by atoms with E-state index in [1.807, 2.05) is 0 Å². The van der Waals surface area contributed by atoms with Gasteiger partial charge in [-0.15, -0.1) is 0 Å². The first kappa shape index (κ1) is 16.0. The van der Waals surface area contributed by atoms with Gasteiger partial charge in [0.2, 0.25) is 0 Å². The molecule has 7 heteroatoms. The number of esters is 2. The van der Waals surface area contributed by atoms with Gasteiger partial charge in [-0.05, 0) is 18.6 Å². The van der Waals surface area contributed by atoms with Crippen molar-refractivity contribution < 1.29 is 23.5 Å². The fourth-order valence-corrected chi connectivity index (χ4v) is 2.32. The summed E-state index contributed by atoms with van der Waals surface area (Å²) in [6, 6.07) is 5.34. The lowest BCUT2D eigenvalue weighted by molar-refractivity contribution is -0.222. The van der Waals surface area contributed by atoms with Gasteiger partial charge in [0.25, 0.3) is 5.79 Å². The summed E-state index contributed by atoms with van der Waals surface area (Å²) >= 11 is 0. The molecule has 126 valence electrons. The number of cyclic esters (lactones) is 2. The van der Waals surface area contributed by atoms with E-state index in [1.54, 1.807) is 18.2 Å². The number of nitrogens with one attached hydrogen (secondary N) is 1. The third kappa shape index (κ3) is 3.24. The predicted octanol–water partition coefficient (Wildman–Crippen LogP) is 2.91. The average molecular weight is 330 g/mol. The van der Waals surface area contributed by atoms with Crippen LogP contribution in [0.5, 0.6) is 0 Å². The zero-order valence-corrected chi connectivity index (χ0v) is 13.7. The third-order valence-corrected chi connectivity index (χ3v) is 3.40. The van der Waals surface area contributed by atoms with E-state index in [0.29, 0.717) is 17.2 Å². The number of hydrogen-bond donors (Lipinski definition) is 1. The van der Waals surface area contributed by atoms with Crippen molar-refractivity contribution in [1.29, 1.82) is 0 Å². The monoisotopic (exact) mass is 330 g/mol. The Hall–Kier alpha value is -2.83. The van der Waals surface area contributed by atoms with Crippen molar-refractivity contribution in [3.8, 4) is 0 Å². The highest BCUT2D eigenvalue weighted by Crippen LogP contribution is 2.24. The number of rotatable bonds is 4. The van der Waals surface area contributed by atoms with E-state index in [0.717, 1.165) is 18.4 Å². The Labute approximate surface area is 138 Å². The van der Waals surface area contributed by atoms with Gasteiger partial charge in [-0.3, -0.25) is 0 Å². The maximum Gasteiger partial charge on any atom is 0.350 e. The molecule has 0 amide bonds. The van der Waals surface area contributed by atoms with Crippen LogP contribution < -0.4 is 5.32 Å². The Morgan fingerprint density at radius 3 is 2.58 bits per heavy atom. The second kappa shape index (κ2) is 5.99. The molecule has 2 heterocycles. The molecule has 1 saturated heterocycles. The van der Waals surface area contributed by atoms with Gasteiger partial charge in [0.05, 0.1) is 0 Å². The molecule has 1 fully saturated rings. The van der Waals surface area contributed by atoms with E-state index in [4.69, 9.17) is 13.9 Å². The predicted molar refractivity (Wildman–Crippen MR) is 86.0 cm³/mol. The molecule has 1 aliphatic heterocycles. The Morgan fingerprint density at radius 1 is 1.21 bits per heavy atom. The zero-order chi connectivity index (χ0) is 17.3. The molecule has 3 rings (SSSR count). The highest BCUT2D eigenvalue weighted by molar-refractivity contribution is 6.15. The van der Waals surface area contributed by atoms with Crippen LogP contribution >= 0.6 is 0 Å². The molecule has 0 radical (unpaired) electrons. The van der Waals surface area contributed by atoms with Crippen molar-refractivity contribution >= 4 is 28.7 Å². The number of hydrogen-bond acceptors (Lipinski definition) is 7. The van der Waals surface area contributed by atoms with Gasteiger partial charge >= 0.3 is 11.9 Å². The standard InChI is InChI=1S/C17H18N2O5/c1-4-5-14-19-12-7-6-10(8-13(12)22-14)18-9-11-15(20)23-17(2,3)24-16(11)21/h6-9,18H,4-5H2,1-3H3. The molecule has 1 aromatic heterocycles. The largest absolute Gasteiger partial charge is 0.441 e. The van der Waals surface area contributed by atoms with Crippen molar-refractivity contribution in [2.45, 2.75) is 39.4 Å². The molecule has 1 aromatic carbocycles. The van der Waals surface area contributed by atoms with E-state index < -0.39 is 17.7 Å². The first-order chi connectivity index (χ1) is 11.4. The smallest absolute Gasteiger partial charge is 0.350 e. The molecule has 0 saturated carbocycles. The second-order valence-electron chi connectivity index (χ2n) is 5.92. The summed E-state index contributed by atoms with van der Waals surface area (Å²) in [4.78, 5) is 28.1. The summed E-state index contributed by atoms with van der Waals surface area (Å²) in [7, 11) is 0. The number of anilines is 1. The lowest BCUT2D eigenvalue weighted by Gasteiger charge is -2.29. The molecule has 24 heavy (non-hydrogen) atoms. The van der Waals surface area contributed by atoms with Crippen LogP contribution in [-0.2, 0) is 25.5 Å². The normalized spacial score (nSPS) is 16.7. The summed E-state index contributed by atoms with van der Waals surface area (Å²) in [5.74, 6) is -2.02. The molecule has 0 atom stereocenters. The van der Waals surface area contributed by atoms with Crippen LogP contribution in [0.25, 0.3) is 11.1 Å². The number of ether oxygens (including phenoxy) is 2. The summed E-state index contributed by atoms with van der Waals surface area (Å²) in [6.45, 7) is 5.05. The van der Waals surface area contributed by atoms with Crippen molar-refractivity contribution in [2.24, 2.45) is 0 Å². The number of fused-ring (bicyclic) bond motifs is 1. The molecule has 0 unspecified atom stereocenters. The van der Waals surface area contributed by atoms with Gasteiger partial charge in [-0.25, -0.2) is 14.6 Å². The Balaban J connectivity index is 1.79. The van der Waals surface area contributed by atoms with Crippen LogP contribution in [0.2, 0.25) is 0 Å². The third-order valence-electron chi connectivity index (χ3n) is 3.40. The number of aryl methyl sites for hydroxylation is 1. The van der Waals surface area contributed by atoms with Crippen LogP contribution in [-0.4, -0.2) is 22.7 Å². The number of nitrogens with zero attached hydrogens (tertiary/aromatic N) is 1. The maximum atomic E-state index is 11.9. The van der Waals surface area contributed by atoms with E-state index in [9.17, 15) is 9.59 Å². The minimum absolute atomic E-state index is 0.196. The summed E-state index contributed by atoms with van der Waals surface area (Å²) < 4.78 is 15.7. The molecule has 1 aliphatic rings. The van der Waals surface area contributed by atoms with Crippen LogP contribution in [0.15, 0.2) is 34.4 Å². The van der Waals surface area contributed by atoms with Crippen LogP contribution in [0.1, 0.15) is 33.1 Å². The Morgan fingerprint density at radius 2 is 1.92 bits per heavy atom. The number of aromatic nitrogens is 1. The Kier molecular flexibility index (Phi) is 4.01. The van der Waals surface area contributed by atoms with Crippen molar-refractivity contribution in [3.05, 3.63) is 35.9 Å². The van der Waals surface area contributed by atoms with Crippen molar-refractivity contribution in [3.63, 3.8) is 0 Å². The van der Waals surface area contributed by atoms with Crippen molar-refractivity contribution in [2.75, 3.05) is 5.32 Å². The first-order valence-corrected chi connectivity index (χ1v) is 7.71. The highest BCUT2D eigenvalue weighted by atomic mass is 16.7. The summed E-state index contributed by atoms with van der Waals surface area (Å²) in [5.41, 5.74) is 1.85. The Bertz CT molecular complexity index is 813. The number of benzene rings is 1. The average Bonchev–Trinajstić information content (AvgIpc) is 2.87. The van der Waals surface area contributed by atoms with E-state index >= 15 is 0 Å². The second-order valence-corrected chi connectivity index (χ2v) is 5.92. The summed E-state index contributed by atoms with van der Waals surface area (Å²) in [6.07, 6.45) is 2.99. The fourth-order valence-electron chi connectivity index (χ4n) is 2.32. The molecule has 2 aromatic rings. The van der Waals surface area contributed by atoms with Gasteiger partial charge in [-0.2, -0.15) is 0 Å². The lowest BCUT2D eigenvalue weighted by atomic mass is 10.2. The lowest BCUT2D eigenvalue weighted by Crippen LogP contribution is -2.42. The van der Waals surface area contributed by atoms with E-state index in [1.165, 1.54) is 20.0 Å². The maximum absolute atomic E-state index is 11.9. The quantitative estimate of drug-likeness (QED) is 0.523. The number of carbonyl (C=O) groups is 2. The van der Waals surface area contributed by atoms with Crippen LogP contribution in [0, 0.1) is 0 Å². The van der Waals surface area contributed by atoms with Gasteiger partial charge in [0, 0.05) is 38.2 Å². The minimum atomic E-state index is -1.25. The zero-order valence-electron chi connectivity index (χ0n) is 13.7. The van der Waals surface area contributed by atoms with E-state index in [2.05, 4.69) is 17.2 Å².